The molecule has 8 nitrogen and oxygen atoms in total. The van der Waals surface area contributed by atoms with Crippen molar-refractivity contribution in [3.8, 4) is 5.75 Å². The first-order valence-corrected chi connectivity index (χ1v) is 10.8. The van der Waals surface area contributed by atoms with Gasteiger partial charge in [0, 0.05) is 18.7 Å². The third kappa shape index (κ3) is 4.82. The molecule has 4 N–H and O–H groups in total. The topological polar surface area (TPSA) is 128 Å². The van der Waals surface area contributed by atoms with E-state index in [2.05, 4.69) is 9.44 Å². The Morgan fingerprint density at radius 2 is 1.96 bits per heavy atom. The first-order valence-electron chi connectivity index (χ1n) is 7.62. The molecule has 0 bridgehead atoms. The summed E-state index contributed by atoms with van der Waals surface area (Å²) in [5.74, 6) is 0.517. The Kier molecular flexibility index (Phi) is 5.74. The predicted molar refractivity (Wildman–Crippen MR) is 92.0 cm³/mol. The van der Waals surface area contributed by atoms with E-state index in [1.165, 1.54) is 32.2 Å². The zero-order chi connectivity index (χ0) is 18.0. The molecule has 1 fully saturated rings. The number of hydrogen-bond acceptors (Lipinski definition) is 6. The number of methoxy groups -OCH3 is 1. The van der Waals surface area contributed by atoms with Crippen molar-refractivity contribution in [3.05, 3.63) is 18.2 Å². The van der Waals surface area contributed by atoms with E-state index in [9.17, 15) is 16.8 Å². The molecule has 0 amide bonds. The van der Waals surface area contributed by atoms with E-state index in [0.717, 1.165) is 12.8 Å². The lowest BCUT2D eigenvalue weighted by molar-refractivity contribution is 0.414. The molecule has 24 heavy (non-hydrogen) atoms. The Morgan fingerprint density at radius 3 is 2.50 bits per heavy atom. The highest BCUT2D eigenvalue weighted by molar-refractivity contribution is 7.93. The van der Waals surface area contributed by atoms with Gasteiger partial charge in [-0.3, -0.25) is 4.72 Å². The van der Waals surface area contributed by atoms with E-state index in [-0.39, 0.29) is 28.9 Å². The standard InChI is InChI=1S/C14H23N3O5S2/c1-3-23(18,19)17-13-8-11(22-2)6-7-14(13)24(20,21)16-9-12(15)10-4-5-10/h6-8,10,12,16-17H,3-5,9,15H2,1-2H3. The maximum absolute atomic E-state index is 12.5. The van der Waals surface area contributed by atoms with Crippen molar-refractivity contribution >= 4 is 25.7 Å². The van der Waals surface area contributed by atoms with Crippen LogP contribution in [0.4, 0.5) is 5.69 Å². The van der Waals surface area contributed by atoms with E-state index in [1.807, 2.05) is 0 Å². The molecule has 1 atom stereocenters. The van der Waals surface area contributed by atoms with Gasteiger partial charge in [-0.05, 0) is 37.8 Å². The summed E-state index contributed by atoms with van der Waals surface area (Å²) in [5.41, 5.74) is 5.86. The van der Waals surface area contributed by atoms with Gasteiger partial charge in [0.1, 0.15) is 10.6 Å². The quantitative estimate of drug-likeness (QED) is 0.574. The average Bonchev–Trinajstić information content (AvgIpc) is 3.37. The van der Waals surface area contributed by atoms with Crippen LogP contribution in [0.1, 0.15) is 19.8 Å². The van der Waals surface area contributed by atoms with E-state index in [1.54, 1.807) is 0 Å². The maximum atomic E-state index is 12.5. The number of nitrogens with two attached hydrogens (primary N) is 1. The lowest BCUT2D eigenvalue weighted by atomic mass is 10.2. The average molecular weight is 377 g/mol. The largest absolute Gasteiger partial charge is 0.497 e. The monoisotopic (exact) mass is 377 g/mol. The van der Waals surface area contributed by atoms with Crippen molar-refractivity contribution < 1.29 is 21.6 Å². The highest BCUT2D eigenvalue weighted by Crippen LogP contribution is 2.32. The van der Waals surface area contributed by atoms with E-state index >= 15 is 0 Å². The second-order valence-electron chi connectivity index (χ2n) is 5.72. The molecule has 0 aliphatic heterocycles. The number of rotatable bonds is 9. The highest BCUT2D eigenvalue weighted by atomic mass is 32.2. The smallest absolute Gasteiger partial charge is 0.242 e. The summed E-state index contributed by atoms with van der Waals surface area (Å²) in [5, 5.41) is 0. The molecule has 0 spiro atoms. The van der Waals surface area contributed by atoms with Crippen LogP contribution in [0, 0.1) is 5.92 Å². The molecule has 1 aliphatic rings. The molecule has 136 valence electrons. The molecular weight excluding hydrogens is 354 g/mol. The molecule has 1 aromatic carbocycles. The number of anilines is 1. The van der Waals surface area contributed by atoms with Gasteiger partial charge in [0.15, 0.2) is 0 Å². The maximum Gasteiger partial charge on any atom is 0.242 e. The van der Waals surface area contributed by atoms with E-state index < -0.39 is 20.0 Å². The number of benzene rings is 1. The predicted octanol–water partition coefficient (Wildman–Crippen LogP) is 0.472. The molecule has 1 aromatic rings. The second kappa shape index (κ2) is 7.26. The van der Waals surface area contributed by atoms with Gasteiger partial charge in [0.05, 0.1) is 18.6 Å². The van der Waals surface area contributed by atoms with Crippen molar-refractivity contribution in [2.45, 2.75) is 30.7 Å². The van der Waals surface area contributed by atoms with Crippen LogP contribution in [-0.2, 0) is 20.0 Å². The Hall–Kier alpha value is -1.36. The Morgan fingerprint density at radius 1 is 1.29 bits per heavy atom. The van der Waals surface area contributed by atoms with Gasteiger partial charge in [-0.1, -0.05) is 0 Å². The van der Waals surface area contributed by atoms with Gasteiger partial charge >= 0.3 is 0 Å². The lowest BCUT2D eigenvalue weighted by Crippen LogP contribution is -2.38. The summed E-state index contributed by atoms with van der Waals surface area (Å²) in [6.45, 7) is 1.57. The summed E-state index contributed by atoms with van der Waals surface area (Å²) in [6.07, 6.45) is 2.01. The number of nitrogens with one attached hydrogen (secondary N) is 2. The van der Waals surface area contributed by atoms with Crippen molar-refractivity contribution in [2.75, 3.05) is 24.1 Å². The first kappa shape index (κ1) is 19.0. The van der Waals surface area contributed by atoms with Crippen LogP contribution in [0.2, 0.25) is 0 Å². The molecule has 10 heteroatoms. The van der Waals surface area contributed by atoms with Crippen LogP contribution in [0.15, 0.2) is 23.1 Å². The molecule has 1 aliphatic carbocycles. The fourth-order valence-electron chi connectivity index (χ4n) is 2.16. The molecular formula is C14H23N3O5S2. The normalized spacial score (nSPS) is 16.6. The zero-order valence-corrected chi connectivity index (χ0v) is 15.3. The van der Waals surface area contributed by atoms with E-state index in [0.29, 0.717) is 11.7 Å². The Bertz CT molecular complexity index is 789. The summed E-state index contributed by atoms with van der Waals surface area (Å²) >= 11 is 0. The summed E-state index contributed by atoms with van der Waals surface area (Å²) in [7, 11) is -6.14. The van der Waals surface area contributed by atoms with Crippen molar-refractivity contribution in [1.82, 2.24) is 4.72 Å². The molecule has 0 radical (unpaired) electrons. The van der Waals surface area contributed by atoms with Crippen LogP contribution in [-0.4, -0.2) is 42.3 Å². The fraction of sp³-hybridized carbons (Fsp3) is 0.571. The highest BCUT2D eigenvalue weighted by Gasteiger charge is 2.30. The molecule has 1 saturated carbocycles. The molecule has 0 heterocycles. The van der Waals surface area contributed by atoms with Crippen LogP contribution in [0.25, 0.3) is 0 Å². The van der Waals surface area contributed by atoms with Crippen molar-refractivity contribution in [2.24, 2.45) is 11.7 Å². The molecule has 1 unspecified atom stereocenters. The van der Waals surface area contributed by atoms with Gasteiger partial charge in [-0.2, -0.15) is 0 Å². The second-order valence-corrected chi connectivity index (χ2v) is 9.47. The van der Waals surface area contributed by atoms with Crippen LogP contribution in [0.5, 0.6) is 5.75 Å². The Balaban J connectivity index is 2.29. The van der Waals surface area contributed by atoms with Gasteiger partial charge in [0.25, 0.3) is 0 Å². The number of ether oxygens (including phenoxy) is 1. The van der Waals surface area contributed by atoms with Gasteiger partial charge in [-0.25, -0.2) is 21.6 Å². The van der Waals surface area contributed by atoms with Gasteiger partial charge < -0.3 is 10.5 Å². The fourth-order valence-corrected chi connectivity index (χ4v) is 4.09. The van der Waals surface area contributed by atoms with Crippen LogP contribution >= 0.6 is 0 Å². The third-order valence-corrected chi connectivity index (χ3v) is 6.63. The minimum Gasteiger partial charge on any atom is -0.497 e. The number of sulfonamides is 2. The summed E-state index contributed by atoms with van der Waals surface area (Å²) in [6, 6.07) is 3.85. The minimum atomic E-state index is -3.91. The summed E-state index contributed by atoms with van der Waals surface area (Å²) in [4.78, 5) is -0.164. The van der Waals surface area contributed by atoms with Gasteiger partial charge in [-0.15, -0.1) is 0 Å². The summed E-state index contributed by atoms with van der Waals surface area (Å²) < 4.78 is 58.5. The molecule has 2 rings (SSSR count). The lowest BCUT2D eigenvalue weighted by Gasteiger charge is -2.16. The SMILES string of the molecule is CCS(=O)(=O)Nc1cc(OC)ccc1S(=O)(=O)NCC(N)C1CC1. The molecule has 0 aromatic heterocycles. The first-order chi connectivity index (χ1) is 11.2. The molecule has 0 saturated heterocycles. The van der Waals surface area contributed by atoms with E-state index in [4.69, 9.17) is 10.5 Å². The Labute approximate surface area is 142 Å². The number of hydrogen-bond donors (Lipinski definition) is 3. The minimum absolute atomic E-state index is 0.0521. The van der Waals surface area contributed by atoms with Crippen molar-refractivity contribution in [3.63, 3.8) is 0 Å². The zero-order valence-electron chi connectivity index (χ0n) is 13.7. The van der Waals surface area contributed by atoms with Crippen molar-refractivity contribution in [1.29, 1.82) is 0 Å². The third-order valence-electron chi connectivity index (χ3n) is 3.86. The van der Waals surface area contributed by atoms with Crippen LogP contribution < -0.4 is 19.9 Å². The van der Waals surface area contributed by atoms with Crippen LogP contribution in [0.3, 0.4) is 0 Å². The van der Waals surface area contributed by atoms with Gasteiger partial charge in [0.2, 0.25) is 20.0 Å².